The van der Waals surface area contributed by atoms with Gasteiger partial charge >= 0.3 is 0 Å². The lowest BCUT2D eigenvalue weighted by atomic mass is 9.69. The van der Waals surface area contributed by atoms with Gasteiger partial charge in [-0.25, -0.2) is 0 Å². The third-order valence-corrected chi connectivity index (χ3v) is 4.43. The van der Waals surface area contributed by atoms with Crippen molar-refractivity contribution in [3.63, 3.8) is 0 Å². The smallest absolute Gasteiger partial charge is 0.0625 e. The SMILES string of the molecule is N#CC[C@@H]1CN2CC[C@H]1[C@H](c1ccccc1)C2. The van der Waals surface area contributed by atoms with Crippen LogP contribution in [0.4, 0.5) is 0 Å². The summed E-state index contributed by atoms with van der Waals surface area (Å²) in [7, 11) is 0. The molecule has 4 atom stereocenters. The van der Waals surface area contributed by atoms with Crippen LogP contribution < -0.4 is 0 Å². The third kappa shape index (κ3) is 1.96. The Morgan fingerprint density at radius 3 is 2.76 bits per heavy atom. The molecule has 3 saturated heterocycles. The Labute approximate surface area is 103 Å². The van der Waals surface area contributed by atoms with Crippen LogP contribution in [0, 0.1) is 23.2 Å². The second kappa shape index (κ2) is 4.50. The van der Waals surface area contributed by atoms with Crippen LogP contribution in [-0.2, 0) is 0 Å². The first-order chi connectivity index (χ1) is 8.38. The molecular formula is C15H18N2. The minimum absolute atomic E-state index is 0.590. The van der Waals surface area contributed by atoms with Crippen molar-refractivity contribution in [2.24, 2.45) is 11.8 Å². The molecule has 2 nitrogen and oxygen atoms in total. The van der Waals surface area contributed by atoms with E-state index in [0.717, 1.165) is 18.9 Å². The van der Waals surface area contributed by atoms with Crippen molar-refractivity contribution in [1.29, 1.82) is 5.26 Å². The van der Waals surface area contributed by atoms with Gasteiger partial charge in [-0.05, 0) is 36.3 Å². The number of hydrogen-bond donors (Lipinski definition) is 0. The Bertz CT molecular complexity index is 420. The van der Waals surface area contributed by atoms with Gasteiger partial charge in [-0.15, -0.1) is 0 Å². The molecule has 0 aromatic heterocycles. The Morgan fingerprint density at radius 1 is 1.24 bits per heavy atom. The first kappa shape index (κ1) is 10.8. The highest BCUT2D eigenvalue weighted by Gasteiger charge is 2.41. The summed E-state index contributed by atoms with van der Waals surface area (Å²) in [6.07, 6.45) is 2.00. The van der Waals surface area contributed by atoms with Crippen LogP contribution in [0.2, 0.25) is 0 Å². The highest BCUT2D eigenvalue weighted by molar-refractivity contribution is 5.23. The van der Waals surface area contributed by atoms with Crippen molar-refractivity contribution in [2.45, 2.75) is 18.8 Å². The largest absolute Gasteiger partial charge is 0.302 e. The van der Waals surface area contributed by atoms with Gasteiger partial charge in [0, 0.05) is 19.5 Å². The fraction of sp³-hybridized carbons (Fsp3) is 0.533. The maximum absolute atomic E-state index is 8.93. The van der Waals surface area contributed by atoms with E-state index in [-0.39, 0.29) is 0 Å². The third-order valence-electron chi connectivity index (χ3n) is 4.43. The Morgan fingerprint density at radius 2 is 2.06 bits per heavy atom. The summed E-state index contributed by atoms with van der Waals surface area (Å²) < 4.78 is 0. The van der Waals surface area contributed by atoms with E-state index in [1.165, 1.54) is 25.1 Å². The van der Waals surface area contributed by atoms with E-state index >= 15 is 0 Å². The zero-order chi connectivity index (χ0) is 11.7. The molecule has 17 heavy (non-hydrogen) atoms. The molecule has 88 valence electrons. The summed E-state index contributed by atoms with van der Waals surface area (Å²) in [5.41, 5.74) is 1.46. The normalized spacial score (nSPS) is 35.5. The Hall–Kier alpha value is -1.33. The zero-order valence-electron chi connectivity index (χ0n) is 10.0. The van der Waals surface area contributed by atoms with Gasteiger partial charge in [0.05, 0.1) is 6.07 Å². The number of nitrogens with zero attached hydrogens (tertiary/aromatic N) is 2. The van der Waals surface area contributed by atoms with Crippen LogP contribution >= 0.6 is 0 Å². The molecule has 0 amide bonds. The Kier molecular flexibility index (Phi) is 2.86. The molecule has 0 radical (unpaired) electrons. The van der Waals surface area contributed by atoms with Gasteiger partial charge in [-0.1, -0.05) is 30.3 Å². The molecule has 3 fully saturated rings. The lowest BCUT2D eigenvalue weighted by Gasteiger charge is -2.49. The second-order valence-corrected chi connectivity index (χ2v) is 5.35. The topological polar surface area (TPSA) is 27.0 Å². The first-order valence-corrected chi connectivity index (χ1v) is 6.52. The second-order valence-electron chi connectivity index (χ2n) is 5.35. The number of fused-ring (bicyclic) bond motifs is 3. The van der Waals surface area contributed by atoms with Crippen LogP contribution in [0.1, 0.15) is 24.3 Å². The van der Waals surface area contributed by atoms with E-state index in [4.69, 9.17) is 5.26 Å². The highest BCUT2D eigenvalue weighted by atomic mass is 15.2. The van der Waals surface area contributed by atoms with Crippen molar-refractivity contribution in [3.8, 4) is 6.07 Å². The lowest BCUT2D eigenvalue weighted by Crippen LogP contribution is -2.51. The van der Waals surface area contributed by atoms with Gasteiger partial charge in [-0.3, -0.25) is 0 Å². The van der Waals surface area contributed by atoms with Crippen molar-refractivity contribution in [3.05, 3.63) is 35.9 Å². The number of benzene rings is 1. The van der Waals surface area contributed by atoms with E-state index < -0.39 is 0 Å². The van der Waals surface area contributed by atoms with Crippen LogP contribution in [0.15, 0.2) is 30.3 Å². The molecule has 3 heterocycles. The van der Waals surface area contributed by atoms with Crippen LogP contribution in [-0.4, -0.2) is 24.5 Å². The summed E-state index contributed by atoms with van der Waals surface area (Å²) in [5, 5.41) is 8.93. The molecule has 2 heteroatoms. The molecule has 0 spiro atoms. The quantitative estimate of drug-likeness (QED) is 0.775. The van der Waals surface area contributed by atoms with Gasteiger partial charge in [0.1, 0.15) is 0 Å². The van der Waals surface area contributed by atoms with E-state index in [9.17, 15) is 0 Å². The summed E-state index contributed by atoms with van der Waals surface area (Å²) in [4.78, 5) is 2.54. The van der Waals surface area contributed by atoms with Crippen molar-refractivity contribution in [1.82, 2.24) is 4.90 Å². The van der Waals surface area contributed by atoms with Crippen molar-refractivity contribution < 1.29 is 0 Å². The predicted molar refractivity (Wildman–Crippen MR) is 67.5 cm³/mol. The van der Waals surface area contributed by atoms with E-state index in [1.54, 1.807) is 0 Å². The summed E-state index contributed by atoms with van der Waals surface area (Å²) >= 11 is 0. The fourth-order valence-corrected chi connectivity index (χ4v) is 3.62. The van der Waals surface area contributed by atoms with Gasteiger partial charge < -0.3 is 4.90 Å². The fourth-order valence-electron chi connectivity index (χ4n) is 3.62. The number of rotatable bonds is 2. The minimum atomic E-state index is 0.590. The van der Waals surface area contributed by atoms with Crippen LogP contribution in [0.5, 0.6) is 0 Å². The molecule has 1 unspecified atom stereocenters. The molecular weight excluding hydrogens is 208 g/mol. The van der Waals surface area contributed by atoms with Gasteiger partial charge in [-0.2, -0.15) is 5.26 Å². The number of piperidine rings is 3. The number of hydrogen-bond acceptors (Lipinski definition) is 2. The lowest BCUT2D eigenvalue weighted by molar-refractivity contribution is 0.0320. The molecule has 3 aliphatic heterocycles. The molecule has 0 N–H and O–H groups in total. The Balaban J connectivity index is 1.85. The van der Waals surface area contributed by atoms with Crippen LogP contribution in [0.25, 0.3) is 0 Å². The summed E-state index contributed by atoms with van der Waals surface area (Å²) in [6.45, 7) is 3.56. The van der Waals surface area contributed by atoms with E-state index in [2.05, 4.69) is 41.3 Å². The molecule has 4 rings (SSSR count). The monoisotopic (exact) mass is 226 g/mol. The van der Waals surface area contributed by atoms with Crippen LogP contribution in [0.3, 0.4) is 0 Å². The average Bonchev–Trinajstić information content (AvgIpc) is 2.41. The van der Waals surface area contributed by atoms with Crippen molar-refractivity contribution >= 4 is 0 Å². The first-order valence-electron chi connectivity index (χ1n) is 6.52. The molecule has 0 saturated carbocycles. The molecule has 0 aliphatic carbocycles. The van der Waals surface area contributed by atoms with Gasteiger partial charge in [0.25, 0.3) is 0 Å². The van der Waals surface area contributed by atoms with Gasteiger partial charge in [0.2, 0.25) is 0 Å². The predicted octanol–water partition coefficient (Wildman–Crippen LogP) is 2.64. The van der Waals surface area contributed by atoms with E-state index in [1.807, 2.05) is 0 Å². The van der Waals surface area contributed by atoms with E-state index in [0.29, 0.717) is 11.8 Å². The standard InChI is InChI=1S/C15H18N2/c16-8-6-13-10-17-9-7-14(13)15(11-17)12-4-2-1-3-5-12/h1-5,13-15H,6-7,9-11H2/t13-,14-,15+/m1/s1. The zero-order valence-corrected chi connectivity index (χ0v) is 10.0. The maximum atomic E-state index is 8.93. The number of nitriles is 1. The van der Waals surface area contributed by atoms with Crippen molar-refractivity contribution in [2.75, 3.05) is 19.6 Å². The minimum Gasteiger partial charge on any atom is -0.302 e. The average molecular weight is 226 g/mol. The summed E-state index contributed by atoms with van der Waals surface area (Å²) in [5.74, 6) is 1.96. The highest BCUT2D eigenvalue weighted by Crippen LogP contribution is 2.43. The summed E-state index contributed by atoms with van der Waals surface area (Å²) in [6, 6.07) is 13.2. The van der Waals surface area contributed by atoms with Gasteiger partial charge in [0.15, 0.2) is 0 Å². The molecule has 1 aromatic carbocycles. The molecule has 3 aliphatic rings. The maximum Gasteiger partial charge on any atom is 0.0625 e. The molecule has 2 bridgehead atoms. The molecule has 1 aromatic rings.